The Balaban J connectivity index is 1.58. The first-order chi connectivity index (χ1) is 17.8. The lowest BCUT2D eigenvalue weighted by molar-refractivity contribution is -0.127. The molecule has 4 heterocycles. The molecule has 0 radical (unpaired) electrons. The van der Waals surface area contributed by atoms with Crippen LogP contribution in [0.5, 0.6) is 0 Å². The number of anilines is 1. The van der Waals surface area contributed by atoms with Gasteiger partial charge in [0.05, 0.1) is 34.4 Å². The molecule has 1 aliphatic rings. The Bertz CT molecular complexity index is 1600. The number of aryl methyl sites for hydroxylation is 1. The molecule has 9 nitrogen and oxygen atoms in total. The van der Waals surface area contributed by atoms with Crippen molar-refractivity contribution in [2.75, 3.05) is 26.0 Å². The highest BCUT2D eigenvalue weighted by molar-refractivity contribution is 5.93. The van der Waals surface area contributed by atoms with Gasteiger partial charge < -0.3 is 19.9 Å². The zero-order valence-corrected chi connectivity index (χ0v) is 20.4. The third-order valence-corrected chi connectivity index (χ3v) is 6.72. The smallest absolute Gasteiger partial charge is 0.246 e. The van der Waals surface area contributed by atoms with Crippen LogP contribution < -0.4 is 5.73 Å². The standard InChI is InChI=1S/C26H25F2N7O2/c1-4-22(36)34-13-16(11-15(34)8-10-37-3)35-20-7-9-30-26(29)23(20)19(32-35)6-5-17-18(27)12-21-25(24(17)28)31-14-33(21)2/h4,7,9,12,14-16H,1,8,10-11,13H2,2-3H3,(H2,29,30)/t15-,16?/m0/s1. The minimum Gasteiger partial charge on any atom is -0.385 e. The zero-order chi connectivity index (χ0) is 26.3. The number of rotatable bonds is 5. The summed E-state index contributed by atoms with van der Waals surface area (Å²) >= 11 is 0. The minimum absolute atomic E-state index is 0.0322. The van der Waals surface area contributed by atoms with E-state index in [2.05, 4.69) is 33.5 Å². The summed E-state index contributed by atoms with van der Waals surface area (Å²) in [5, 5.41) is 5.15. The maximum atomic E-state index is 15.1. The number of halogens is 2. The van der Waals surface area contributed by atoms with Crippen molar-refractivity contribution in [2.45, 2.75) is 24.9 Å². The summed E-state index contributed by atoms with van der Waals surface area (Å²) in [4.78, 5) is 22.4. The summed E-state index contributed by atoms with van der Waals surface area (Å²) < 4.78 is 38.3. The van der Waals surface area contributed by atoms with Crippen LogP contribution in [0.4, 0.5) is 14.6 Å². The number of carbonyl (C=O) groups excluding carboxylic acids is 1. The molecule has 2 atom stereocenters. The maximum absolute atomic E-state index is 15.1. The predicted octanol–water partition coefficient (Wildman–Crippen LogP) is 2.94. The molecule has 1 aliphatic heterocycles. The number of nitrogen functional groups attached to an aromatic ring is 1. The number of hydrogen-bond donors (Lipinski definition) is 1. The number of fused-ring (bicyclic) bond motifs is 2. The molecule has 4 aromatic rings. The first kappa shape index (κ1) is 24.4. The highest BCUT2D eigenvalue weighted by Gasteiger charge is 2.36. The Labute approximate surface area is 211 Å². The highest BCUT2D eigenvalue weighted by atomic mass is 19.1. The Morgan fingerprint density at radius 3 is 2.89 bits per heavy atom. The van der Waals surface area contributed by atoms with Gasteiger partial charge in [0, 0.05) is 45.6 Å². The number of carbonyl (C=O) groups is 1. The molecule has 0 bridgehead atoms. The molecule has 1 fully saturated rings. The molecule has 5 rings (SSSR count). The molecule has 190 valence electrons. The van der Waals surface area contributed by atoms with Crippen LogP contribution in [0.15, 0.2) is 37.3 Å². The Kier molecular flexibility index (Phi) is 6.35. The summed E-state index contributed by atoms with van der Waals surface area (Å²) in [5.41, 5.74) is 7.04. The van der Waals surface area contributed by atoms with Crippen molar-refractivity contribution in [2.24, 2.45) is 7.05 Å². The van der Waals surface area contributed by atoms with Gasteiger partial charge in [0.2, 0.25) is 5.91 Å². The van der Waals surface area contributed by atoms with Crippen molar-refractivity contribution in [3.63, 3.8) is 0 Å². The van der Waals surface area contributed by atoms with Crippen molar-refractivity contribution in [3.05, 3.63) is 60.2 Å². The van der Waals surface area contributed by atoms with Gasteiger partial charge in [-0.05, 0) is 30.9 Å². The van der Waals surface area contributed by atoms with E-state index in [1.807, 2.05) is 0 Å². The Morgan fingerprint density at radius 2 is 2.14 bits per heavy atom. The van der Waals surface area contributed by atoms with Crippen molar-refractivity contribution in [1.29, 1.82) is 0 Å². The van der Waals surface area contributed by atoms with Crippen molar-refractivity contribution in [3.8, 4) is 11.8 Å². The third kappa shape index (κ3) is 4.19. The predicted molar refractivity (Wildman–Crippen MR) is 134 cm³/mol. The number of benzene rings is 1. The lowest BCUT2D eigenvalue weighted by Gasteiger charge is -2.22. The van der Waals surface area contributed by atoms with Gasteiger partial charge in [0.1, 0.15) is 22.8 Å². The molecule has 11 heteroatoms. The first-order valence-corrected chi connectivity index (χ1v) is 11.7. The number of imidazole rings is 1. The number of hydrogen-bond acceptors (Lipinski definition) is 6. The van der Waals surface area contributed by atoms with Gasteiger partial charge in [-0.15, -0.1) is 0 Å². The lowest BCUT2D eigenvalue weighted by atomic mass is 10.1. The fourth-order valence-electron chi connectivity index (χ4n) is 4.89. The van der Waals surface area contributed by atoms with Crippen LogP contribution in [0, 0.1) is 23.5 Å². The normalized spacial score (nSPS) is 17.4. The molecule has 1 unspecified atom stereocenters. The molecule has 1 aromatic carbocycles. The van der Waals surface area contributed by atoms with E-state index in [-0.39, 0.29) is 35.0 Å². The summed E-state index contributed by atoms with van der Waals surface area (Å²) in [7, 11) is 3.27. The number of ether oxygens (including phenoxy) is 1. The van der Waals surface area contributed by atoms with Gasteiger partial charge in [-0.1, -0.05) is 12.5 Å². The summed E-state index contributed by atoms with van der Waals surface area (Å²) in [5.74, 6) is 3.78. The van der Waals surface area contributed by atoms with E-state index >= 15 is 4.39 Å². The van der Waals surface area contributed by atoms with Crippen molar-refractivity contribution >= 4 is 33.7 Å². The minimum atomic E-state index is -0.840. The SMILES string of the molecule is C=CC(=O)N1CC(n2nc(C#Cc3c(F)cc4c(ncn4C)c3F)c3c(N)nccc32)C[C@@H]1CCOC. The molecule has 3 aromatic heterocycles. The van der Waals surface area contributed by atoms with Crippen LogP contribution in [-0.4, -0.2) is 61.4 Å². The second-order valence-corrected chi connectivity index (χ2v) is 8.92. The van der Waals surface area contributed by atoms with E-state index in [1.54, 1.807) is 36.0 Å². The number of aromatic nitrogens is 5. The zero-order valence-electron chi connectivity index (χ0n) is 20.4. The number of nitrogens with zero attached hydrogens (tertiary/aromatic N) is 6. The first-order valence-electron chi connectivity index (χ1n) is 11.7. The van der Waals surface area contributed by atoms with Crippen LogP contribution in [0.1, 0.15) is 30.1 Å². The topological polar surface area (TPSA) is 104 Å². The molecular weight excluding hydrogens is 480 g/mol. The van der Waals surface area contributed by atoms with Gasteiger partial charge in [0.25, 0.3) is 0 Å². The van der Waals surface area contributed by atoms with E-state index in [0.717, 1.165) is 0 Å². The van der Waals surface area contributed by atoms with Gasteiger partial charge in [-0.25, -0.2) is 18.7 Å². The van der Waals surface area contributed by atoms with Gasteiger partial charge >= 0.3 is 0 Å². The van der Waals surface area contributed by atoms with E-state index in [0.29, 0.717) is 42.4 Å². The second kappa shape index (κ2) is 9.63. The molecular formula is C26H25F2N7O2. The Morgan fingerprint density at radius 1 is 1.32 bits per heavy atom. The fourth-order valence-corrected chi connectivity index (χ4v) is 4.89. The van der Waals surface area contributed by atoms with E-state index < -0.39 is 17.2 Å². The van der Waals surface area contributed by atoms with E-state index in [4.69, 9.17) is 10.5 Å². The molecule has 0 saturated carbocycles. The average molecular weight is 506 g/mol. The van der Waals surface area contributed by atoms with Gasteiger partial charge in [0.15, 0.2) is 5.82 Å². The molecule has 37 heavy (non-hydrogen) atoms. The van der Waals surface area contributed by atoms with Crippen LogP contribution in [0.3, 0.4) is 0 Å². The molecule has 1 saturated heterocycles. The quantitative estimate of drug-likeness (QED) is 0.330. The van der Waals surface area contributed by atoms with Gasteiger partial charge in [-0.3, -0.25) is 9.48 Å². The van der Waals surface area contributed by atoms with Crippen LogP contribution >= 0.6 is 0 Å². The Hall–Kier alpha value is -4.30. The van der Waals surface area contributed by atoms with Crippen LogP contribution in [-0.2, 0) is 16.6 Å². The van der Waals surface area contributed by atoms with E-state index in [9.17, 15) is 9.18 Å². The largest absolute Gasteiger partial charge is 0.385 e. The second-order valence-electron chi connectivity index (χ2n) is 8.92. The molecule has 0 spiro atoms. The highest BCUT2D eigenvalue weighted by Crippen LogP contribution is 2.34. The summed E-state index contributed by atoms with van der Waals surface area (Å²) in [6.45, 7) is 4.53. The average Bonchev–Trinajstić information content (AvgIpc) is 3.58. The molecule has 0 aliphatic carbocycles. The molecule has 1 amide bonds. The lowest BCUT2D eigenvalue weighted by Crippen LogP contribution is -2.35. The number of methoxy groups -OCH3 is 1. The fraction of sp³-hybridized carbons (Fsp3) is 0.308. The number of amides is 1. The summed E-state index contributed by atoms with van der Waals surface area (Å²) in [6.07, 6.45) is 5.56. The number of likely N-dealkylation sites (tertiary alicyclic amines) is 1. The number of nitrogens with two attached hydrogens (primary N) is 1. The third-order valence-electron chi connectivity index (χ3n) is 6.72. The van der Waals surface area contributed by atoms with Crippen LogP contribution in [0.25, 0.3) is 21.9 Å². The number of pyridine rings is 1. The molecule has 2 N–H and O–H groups in total. The monoisotopic (exact) mass is 505 g/mol. The van der Waals surface area contributed by atoms with Gasteiger partial charge in [-0.2, -0.15) is 5.10 Å². The summed E-state index contributed by atoms with van der Waals surface area (Å²) in [6, 6.07) is 2.72. The maximum Gasteiger partial charge on any atom is 0.246 e. The van der Waals surface area contributed by atoms with E-state index in [1.165, 1.54) is 23.0 Å². The van der Waals surface area contributed by atoms with Crippen molar-refractivity contribution in [1.82, 2.24) is 29.2 Å². The van der Waals surface area contributed by atoms with Crippen LogP contribution in [0.2, 0.25) is 0 Å². The van der Waals surface area contributed by atoms with Crippen molar-refractivity contribution < 1.29 is 18.3 Å².